The first kappa shape index (κ1) is 15.6. The number of carbonyl (C=O) groups excluding carboxylic acids is 1. The fraction of sp³-hybridized carbons (Fsp3) is 0.846. The van der Waals surface area contributed by atoms with Crippen LogP contribution in [0, 0.1) is 0 Å². The van der Waals surface area contributed by atoms with Gasteiger partial charge in [-0.15, -0.1) is 0 Å². The summed E-state index contributed by atoms with van der Waals surface area (Å²) in [5, 5.41) is 9.23. The summed E-state index contributed by atoms with van der Waals surface area (Å²) in [5.74, 6) is 0.833. The topological polar surface area (TPSA) is 74.8 Å². The maximum atomic E-state index is 11.4. The van der Waals surface area contributed by atoms with E-state index < -0.39 is 5.60 Å². The standard InChI is InChI=1S/C13H26N4O2/c1-13(2,3)19-12(18)16-9-5-8-15-11(14-4)17-10-6-7-10/h10H,5-9H2,1-4H3,(H,16,18)(H2,14,15,17). The second kappa shape index (κ2) is 7.21. The Morgan fingerprint density at radius 1 is 1.26 bits per heavy atom. The van der Waals surface area contributed by atoms with Crippen molar-refractivity contribution < 1.29 is 9.53 Å². The SMILES string of the molecule is CN=C(NCCCNC(=O)OC(C)(C)C)NC1CC1. The van der Waals surface area contributed by atoms with Crippen LogP contribution in [0.2, 0.25) is 0 Å². The number of rotatable bonds is 5. The molecule has 0 saturated heterocycles. The van der Waals surface area contributed by atoms with Crippen molar-refractivity contribution in [3.05, 3.63) is 0 Å². The Morgan fingerprint density at radius 2 is 1.89 bits per heavy atom. The van der Waals surface area contributed by atoms with Crippen LogP contribution in [-0.4, -0.2) is 43.8 Å². The predicted molar refractivity (Wildman–Crippen MR) is 76.4 cm³/mol. The van der Waals surface area contributed by atoms with E-state index in [0.29, 0.717) is 12.6 Å². The van der Waals surface area contributed by atoms with Gasteiger partial charge in [0.05, 0.1) is 0 Å². The van der Waals surface area contributed by atoms with Gasteiger partial charge in [0.25, 0.3) is 0 Å². The van der Waals surface area contributed by atoms with Gasteiger partial charge in [-0.25, -0.2) is 4.79 Å². The minimum Gasteiger partial charge on any atom is -0.444 e. The van der Waals surface area contributed by atoms with E-state index >= 15 is 0 Å². The lowest BCUT2D eigenvalue weighted by atomic mass is 10.2. The number of guanidine groups is 1. The summed E-state index contributed by atoms with van der Waals surface area (Å²) in [6.07, 6.45) is 2.90. The van der Waals surface area contributed by atoms with Gasteiger partial charge in [-0.1, -0.05) is 0 Å². The van der Waals surface area contributed by atoms with Crippen molar-refractivity contribution in [2.75, 3.05) is 20.1 Å². The maximum absolute atomic E-state index is 11.4. The van der Waals surface area contributed by atoms with Crippen molar-refractivity contribution in [1.29, 1.82) is 0 Å². The van der Waals surface area contributed by atoms with Crippen LogP contribution >= 0.6 is 0 Å². The molecule has 3 N–H and O–H groups in total. The Morgan fingerprint density at radius 3 is 2.42 bits per heavy atom. The molecule has 6 nitrogen and oxygen atoms in total. The van der Waals surface area contributed by atoms with E-state index in [-0.39, 0.29) is 6.09 Å². The lowest BCUT2D eigenvalue weighted by molar-refractivity contribution is 0.0527. The Hall–Kier alpha value is -1.46. The largest absolute Gasteiger partial charge is 0.444 e. The van der Waals surface area contributed by atoms with E-state index in [2.05, 4.69) is 20.9 Å². The van der Waals surface area contributed by atoms with Crippen molar-refractivity contribution in [2.45, 2.75) is 51.7 Å². The van der Waals surface area contributed by atoms with Crippen LogP contribution in [0.4, 0.5) is 4.79 Å². The van der Waals surface area contributed by atoms with Gasteiger partial charge in [-0.3, -0.25) is 4.99 Å². The number of amides is 1. The third-order valence-electron chi connectivity index (χ3n) is 2.46. The highest BCUT2D eigenvalue weighted by molar-refractivity contribution is 5.80. The monoisotopic (exact) mass is 270 g/mol. The zero-order chi connectivity index (χ0) is 14.3. The molecule has 0 radical (unpaired) electrons. The van der Waals surface area contributed by atoms with Crippen molar-refractivity contribution >= 4 is 12.1 Å². The van der Waals surface area contributed by atoms with Crippen LogP contribution in [0.25, 0.3) is 0 Å². The minimum atomic E-state index is -0.446. The molecule has 0 unspecified atom stereocenters. The molecule has 0 aromatic carbocycles. The van der Waals surface area contributed by atoms with Gasteiger partial charge in [0.2, 0.25) is 0 Å². The summed E-state index contributed by atoms with van der Waals surface area (Å²) in [5.41, 5.74) is -0.446. The van der Waals surface area contributed by atoms with E-state index in [1.54, 1.807) is 7.05 Å². The van der Waals surface area contributed by atoms with Crippen LogP contribution in [-0.2, 0) is 4.74 Å². The number of ether oxygens (including phenoxy) is 1. The molecule has 0 spiro atoms. The average Bonchev–Trinajstić information content (AvgIpc) is 3.08. The molecule has 0 bridgehead atoms. The number of alkyl carbamates (subject to hydrolysis) is 1. The van der Waals surface area contributed by atoms with Gasteiger partial charge in [0.15, 0.2) is 5.96 Å². The number of carbonyl (C=O) groups is 1. The Labute approximate surface area is 115 Å². The molecule has 0 atom stereocenters. The number of aliphatic imine (C=N–C) groups is 1. The lowest BCUT2D eigenvalue weighted by Gasteiger charge is -2.19. The average molecular weight is 270 g/mol. The number of hydrogen-bond acceptors (Lipinski definition) is 3. The van der Waals surface area contributed by atoms with Crippen molar-refractivity contribution in [2.24, 2.45) is 4.99 Å². The fourth-order valence-electron chi connectivity index (χ4n) is 1.42. The molecule has 19 heavy (non-hydrogen) atoms. The normalized spacial score (nSPS) is 15.9. The Kier molecular flexibility index (Phi) is 5.92. The van der Waals surface area contributed by atoms with Crippen LogP contribution in [0.5, 0.6) is 0 Å². The molecule has 6 heteroatoms. The fourth-order valence-corrected chi connectivity index (χ4v) is 1.42. The second-order valence-electron chi connectivity index (χ2n) is 5.70. The van der Waals surface area contributed by atoms with Gasteiger partial charge in [0.1, 0.15) is 5.60 Å². The summed E-state index contributed by atoms with van der Waals surface area (Å²) < 4.78 is 5.14. The van der Waals surface area contributed by atoms with Crippen molar-refractivity contribution in [3.63, 3.8) is 0 Å². The maximum Gasteiger partial charge on any atom is 0.407 e. The van der Waals surface area contributed by atoms with Gasteiger partial charge < -0.3 is 20.7 Å². The first-order valence-electron chi connectivity index (χ1n) is 6.85. The number of nitrogens with zero attached hydrogens (tertiary/aromatic N) is 1. The molecule has 1 aliphatic carbocycles. The third kappa shape index (κ3) is 8.29. The number of nitrogens with one attached hydrogen (secondary N) is 3. The highest BCUT2D eigenvalue weighted by atomic mass is 16.6. The van der Waals surface area contributed by atoms with Crippen molar-refractivity contribution in [1.82, 2.24) is 16.0 Å². The first-order chi connectivity index (χ1) is 8.90. The zero-order valence-corrected chi connectivity index (χ0v) is 12.4. The molecule has 0 aliphatic heterocycles. The molecule has 110 valence electrons. The van der Waals surface area contributed by atoms with Crippen LogP contribution in [0.15, 0.2) is 4.99 Å². The summed E-state index contributed by atoms with van der Waals surface area (Å²) >= 11 is 0. The molecule has 1 saturated carbocycles. The van der Waals surface area contributed by atoms with Crippen LogP contribution < -0.4 is 16.0 Å². The highest BCUT2D eigenvalue weighted by Gasteiger charge is 2.21. The molecular weight excluding hydrogens is 244 g/mol. The second-order valence-corrected chi connectivity index (χ2v) is 5.70. The highest BCUT2D eigenvalue weighted by Crippen LogP contribution is 2.18. The summed E-state index contributed by atoms with van der Waals surface area (Å²) in [6, 6.07) is 0.589. The molecule has 0 heterocycles. The van der Waals surface area contributed by atoms with Gasteiger partial charge in [-0.2, -0.15) is 0 Å². The van der Waals surface area contributed by atoms with Gasteiger partial charge in [-0.05, 0) is 40.0 Å². The van der Waals surface area contributed by atoms with E-state index in [4.69, 9.17) is 4.74 Å². The molecule has 0 aromatic heterocycles. The van der Waals surface area contributed by atoms with Crippen LogP contribution in [0.1, 0.15) is 40.0 Å². The van der Waals surface area contributed by atoms with E-state index in [1.165, 1.54) is 12.8 Å². The summed E-state index contributed by atoms with van der Waals surface area (Å²) in [4.78, 5) is 15.5. The zero-order valence-electron chi connectivity index (χ0n) is 12.4. The quantitative estimate of drug-likeness (QED) is 0.399. The molecule has 1 aliphatic rings. The summed E-state index contributed by atoms with van der Waals surface area (Å²) in [6.45, 7) is 6.90. The van der Waals surface area contributed by atoms with E-state index in [1.807, 2.05) is 20.8 Å². The minimum absolute atomic E-state index is 0.368. The molecule has 1 fully saturated rings. The third-order valence-corrected chi connectivity index (χ3v) is 2.46. The Balaban J connectivity index is 2.02. The lowest BCUT2D eigenvalue weighted by Crippen LogP contribution is -2.40. The van der Waals surface area contributed by atoms with Crippen LogP contribution in [0.3, 0.4) is 0 Å². The first-order valence-corrected chi connectivity index (χ1v) is 6.85. The smallest absolute Gasteiger partial charge is 0.407 e. The number of hydrogen-bond donors (Lipinski definition) is 3. The Bertz CT molecular complexity index is 319. The van der Waals surface area contributed by atoms with Gasteiger partial charge >= 0.3 is 6.09 Å². The molecule has 0 aromatic rings. The molecule has 1 amide bonds. The molecule has 1 rings (SSSR count). The van der Waals surface area contributed by atoms with E-state index in [0.717, 1.165) is 18.9 Å². The van der Waals surface area contributed by atoms with Crippen molar-refractivity contribution in [3.8, 4) is 0 Å². The van der Waals surface area contributed by atoms with E-state index in [9.17, 15) is 4.79 Å². The molecular formula is C13H26N4O2. The predicted octanol–water partition coefficient (Wildman–Crippen LogP) is 1.23. The summed E-state index contributed by atoms with van der Waals surface area (Å²) in [7, 11) is 1.76. The van der Waals surface area contributed by atoms with Gasteiger partial charge in [0, 0.05) is 26.2 Å².